The van der Waals surface area contributed by atoms with Gasteiger partial charge in [-0.05, 0) is 26.2 Å². The van der Waals surface area contributed by atoms with Gasteiger partial charge in [-0.15, -0.1) is 0 Å². The van der Waals surface area contributed by atoms with E-state index in [1.807, 2.05) is 13.8 Å². The second-order valence-corrected chi connectivity index (χ2v) is 4.76. The van der Waals surface area contributed by atoms with Gasteiger partial charge >= 0.3 is 0 Å². The normalized spacial score (nSPS) is 29.9. The largest absolute Gasteiger partial charge is 0.394 e. The summed E-state index contributed by atoms with van der Waals surface area (Å²) in [6, 6.07) is -0.00945. The van der Waals surface area contributed by atoms with Crippen molar-refractivity contribution in [3.05, 3.63) is 0 Å². The molecule has 4 heteroatoms. The highest BCUT2D eigenvalue weighted by Gasteiger charge is 2.33. The van der Waals surface area contributed by atoms with E-state index in [1.54, 1.807) is 0 Å². The zero-order valence-corrected chi connectivity index (χ0v) is 9.62. The Morgan fingerprint density at radius 2 is 2.27 bits per heavy atom. The van der Waals surface area contributed by atoms with Crippen LogP contribution in [-0.2, 0) is 4.79 Å². The van der Waals surface area contributed by atoms with Crippen LogP contribution >= 0.6 is 0 Å². The van der Waals surface area contributed by atoms with Crippen LogP contribution in [0.3, 0.4) is 0 Å². The van der Waals surface area contributed by atoms with Crippen molar-refractivity contribution in [2.45, 2.75) is 51.1 Å². The molecule has 0 saturated heterocycles. The minimum absolute atomic E-state index is 0.00148. The second kappa shape index (κ2) is 4.94. The molecule has 1 amide bonds. The predicted molar refractivity (Wildman–Crippen MR) is 59.2 cm³/mol. The van der Waals surface area contributed by atoms with Crippen molar-refractivity contribution in [1.82, 2.24) is 5.32 Å². The monoisotopic (exact) mass is 214 g/mol. The third kappa shape index (κ3) is 2.92. The number of aliphatic hydroxyl groups is 1. The topological polar surface area (TPSA) is 75.3 Å². The number of nitrogens with one attached hydrogen (secondary N) is 1. The van der Waals surface area contributed by atoms with Crippen LogP contribution in [0.1, 0.15) is 39.5 Å². The zero-order valence-electron chi connectivity index (χ0n) is 9.62. The summed E-state index contributed by atoms with van der Waals surface area (Å²) < 4.78 is 0. The molecule has 0 aromatic carbocycles. The number of nitrogens with two attached hydrogens (primary N) is 1. The first-order chi connectivity index (χ1) is 7.02. The lowest BCUT2D eigenvalue weighted by Crippen LogP contribution is -2.52. The van der Waals surface area contributed by atoms with Crippen LogP contribution in [0.25, 0.3) is 0 Å². The van der Waals surface area contributed by atoms with Gasteiger partial charge in [-0.2, -0.15) is 0 Å². The molecule has 0 aromatic heterocycles. The Morgan fingerprint density at radius 1 is 1.60 bits per heavy atom. The zero-order chi connectivity index (χ0) is 11.5. The van der Waals surface area contributed by atoms with Crippen LogP contribution in [-0.4, -0.2) is 29.2 Å². The van der Waals surface area contributed by atoms with Crippen LogP contribution < -0.4 is 11.1 Å². The Labute approximate surface area is 91.2 Å². The van der Waals surface area contributed by atoms with Gasteiger partial charge in [-0.25, -0.2) is 0 Å². The van der Waals surface area contributed by atoms with E-state index in [4.69, 9.17) is 5.73 Å². The standard InChI is InChI=1S/C11H22N2O2/c1-3-11(2,7-14)13-10(15)8-5-4-6-9(8)12/h8-9,14H,3-7,12H2,1-2H3,(H,13,15). The smallest absolute Gasteiger partial charge is 0.225 e. The molecule has 88 valence electrons. The molecule has 0 aromatic rings. The van der Waals surface area contributed by atoms with Crippen molar-refractivity contribution in [2.24, 2.45) is 11.7 Å². The van der Waals surface area contributed by atoms with Gasteiger partial charge in [0.15, 0.2) is 0 Å². The number of hydrogen-bond acceptors (Lipinski definition) is 3. The van der Waals surface area contributed by atoms with Crippen LogP contribution in [0.2, 0.25) is 0 Å². The molecule has 4 N–H and O–H groups in total. The van der Waals surface area contributed by atoms with E-state index in [1.165, 1.54) is 0 Å². The maximum Gasteiger partial charge on any atom is 0.225 e. The van der Waals surface area contributed by atoms with Crippen molar-refractivity contribution >= 4 is 5.91 Å². The fourth-order valence-electron chi connectivity index (χ4n) is 1.94. The van der Waals surface area contributed by atoms with Gasteiger partial charge in [0.25, 0.3) is 0 Å². The van der Waals surface area contributed by atoms with Gasteiger partial charge in [0.05, 0.1) is 18.1 Å². The summed E-state index contributed by atoms with van der Waals surface area (Å²) in [5.74, 6) is -0.0687. The quantitative estimate of drug-likeness (QED) is 0.633. The predicted octanol–water partition coefficient (Wildman–Crippen LogP) is 0.391. The van der Waals surface area contributed by atoms with Gasteiger partial charge in [0.1, 0.15) is 0 Å². The molecule has 1 aliphatic rings. The summed E-state index contributed by atoms with van der Waals surface area (Å²) in [6.07, 6.45) is 3.55. The summed E-state index contributed by atoms with van der Waals surface area (Å²) in [6.45, 7) is 3.77. The summed E-state index contributed by atoms with van der Waals surface area (Å²) >= 11 is 0. The molecular formula is C11H22N2O2. The van der Waals surface area contributed by atoms with Crippen LogP contribution in [0, 0.1) is 5.92 Å². The first-order valence-corrected chi connectivity index (χ1v) is 5.71. The lowest BCUT2D eigenvalue weighted by atomic mass is 9.96. The highest BCUT2D eigenvalue weighted by molar-refractivity contribution is 5.80. The summed E-state index contributed by atoms with van der Waals surface area (Å²) in [7, 11) is 0. The SMILES string of the molecule is CCC(C)(CO)NC(=O)C1CCCC1N. The Morgan fingerprint density at radius 3 is 2.67 bits per heavy atom. The van der Waals surface area contributed by atoms with Gasteiger partial charge in [0.2, 0.25) is 5.91 Å². The lowest BCUT2D eigenvalue weighted by molar-refractivity contribution is -0.127. The molecule has 1 saturated carbocycles. The first-order valence-electron chi connectivity index (χ1n) is 5.71. The Balaban J connectivity index is 2.54. The van der Waals surface area contributed by atoms with Crippen molar-refractivity contribution in [3.8, 4) is 0 Å². The van der Waals surface area contributed by atoms with E-state index < -0.39 is 5.54 Å². The summed E-state index contributed by atoms with van der Waals surface area (Å²) in [5, 5.41) is 12.1. The number of carbonyl (C=O) groups excluding carboxylic acids is 1. The molecule has 1 rings (SSSR count). The van der Waals surface area contributed by atoms with Gasteiger partial charge in [-0.3, -0.25) is 4.79 Å². The molecule has 1 fully saturated rings. The number of amides is 1. The molecular weight excluding hydrogens is 192 g/mol. The maximum atomic E-state index is 11.9. The molecule has 3 unspecified atom stereocenters. The number of aliphatic hydroxyl groups excluding tert-OH is 1. The van der Waals surface area contributed by atoms with Crippen molar-refractivity contribution in [3.63, 3.8) is 0 Å². The number of rotatable bonds is 4. The van der Waals surface area contributed by atoms with E-state index in [0.29, 0.717) is 0 Å². The minimum Gasteiger partial charge on any atom is -0.394 e. The molecule has 3 atom stereocenters. The molecule has 0 heterocycles. The van der Waals surface area contributed by atoms with Crippen molar-refractivity contribution < 1.29 is 9.90 Å². The Kier molecular flexibility index (Phi) is 4.11. The third-order valence-electron chi connectivity index (χ3n) is 3.46. The molecule has 0 radical (unpaired) electrons. The van der Waals surface area contributed by atoms with Crippen molar-refractivity contribution in [2.75, 3.05) is 6.61 Å². The van der Waals surface area contributed by atoms with Crippen molar-refractivity contribution in [1.29, 1.82) is 0 Å². The Hall–Kier alpha value is -0.610. The van der Waals surface area contributed by atoms with Crippen LogP contribution in [0.4, 0.5) is 0 Å². The highest BCUT2D eigenvalue weighted by Crippen LogP contribution is 2.25. The molecule has 0 aliphatic heterocycles. The van der Waals surface area contributed by atoms with Gasteiger partial charge < -0.3 is 16.2 Å². The Bertz CT molecular complexity index is 227. The molecule has 1 aliphatic carbocycles. The molecule has 15 heavy (non-hydrogen) atoms. The molecule has 4 nitrogen and oxygen atoms in total. The van der Waals surface area contributed by atoms with Gasteiger partial charge in [-0.1, -0.05) is 13.3 Å². The average Bonchev–Trinajstić information content (AvgIpc) is 2.64. The third-order valence-corrected chi connectivity index (χ3v) is 3.46. The lowest BCUT2D eigenvalue weighted by Gasteiger charge is -2.29. The maximum absolute atomic E-state index is 11.9. The highest BCUT2D eigenvalue weighted by atomic mass is 16.3. The average molecular weight is 214 g/mol. The number of hydrogen-bond donors (Lipinski definition) is 3. The van der Waals surface area contributed by atoms with Crippen LogP contribution in [0.5, 0.6) is 0 Å². The van der Waals surface area contributed by atoms with E-state index >= 15 is 0 Å². The summed E-state index contributed by atoms with van der Waals surface area (Å²) in [5.41, 5.74) is 5.36. The van der Waals surface area contributed by atoms with E-state index in [-0.39, 0.29) is 24.5 Å². The van der Waals surface area contributed by atoms with Gasteiger partial charge in [0, 0.05) is 6.04 Å². The molecule has 0 spiro atoms. The molecule has 0 bridgehead atoms. The fourth-order valence-corrected chi connectivity index (χ4v) is 1.94. The van der Waals surface area contributed by atoms with Crippen LogP contribution in [0.15, 0.2) is 0 Å². The van der Waals surface area contributed by atoms with E-state index in [9.17, 15) is 9.90 Å². The first kappa shape index (κ1) is 12.5. The number of carbonyl (C=O) groups is 1. The fraction of sp³-hybridized carbons (Fsp3) is 0.909. The summed E-state index contributed by atoms with van der Waals surface area (Å²) in [4.78, 5) is 11.9. The van der Waals surface area contributed by atoms with E-state index in [0.717, 1.165) is 25.7 Å². The van der Waals surface area contributed by atoms with E-state index in [2.05, 4.69) is 5.32 Å². The minimum atomic E-state index is -0.501. The second-order valence-electron chi connectivity index (χ2n) is 4.76.